The number of amides is 1. The van der Waals surface area contributed by atoms with Crippen LogP contribution in [-0.2, 0) is 4.79 Å². The number of benzene rings is 3. The Hall–Kier alpha value is -3.80. The van der Waals surface area contributed by atoms with Crippen molar-refractivity contribution < 1.29 is 23.7 Å². The van der Waals surface area contributed by atoms with Crippen molar-refractivity contribution in [1.82, 2.24) is 5.01 Å². The van der Waals surface area contributed by atoms with Crippen LogP contribution in [0.4, 0.5) is 0 Å². The first kappa shape index (κ1) is 28.7. The molecular formula is C29H24BrClN4O5S. The summed E-state index contributed by atoms with van der Waals surface area (Å²) in [5.74, 6) is 1.54. The number of amidine groups is 2. The van der Waals surface area contributed by atoms with E-state index in [9.17, 15) is 4.79 Å². The molecule has 210 valence electrons. The lowest BCUT2D eigenvalue weighted by Gasteiger charge is -2.20. The third kappa shape index (κ3) is 7.10. The summed E-state index contributed by atoms with van der Waals surface area (Å²) in [6.45, 7) is 2.94. The maximum Gasteiger partial charge on any atom is 0.283 e. The molecule has 9 nitrogen and oxygen atoms in total. The molecule has 0 spiro atoms. The Kier molecular flexibility index (Phi) is 9.28. The summed E-state index contributed by atoms with van der Waals surface area (Å²) in [6, 6.07) is 20.2. The van der Waals surface area contributed by atoms with E-state index in [4.69, 9.17) is 36.0 Å². The van der Waals surface area contributed by atoms with Crippen molar-refractivity contribution in [3.63, 3.8) is 0 Å². The molecule has 0 saturated heterocycles. The molecule has 0 atom stereocenters. The van der Waals surface area contributed by atoms with Gasteiger partial charge >= 0.3 is 0 Å². The zero-order valence-corrected chi connectivity index (χ0v) is 25.0. The zero-order chi connectivity index (χ0) is 28.8. The van der Waals surface area contributed by atoms with Crippen LogP contribution in [0.15, 0.2) is 86.9 Å². The van der Waals surface area contributed by atoms with Gasteiger partial charge in [0.05, 0.1) is 17.2 Å². The molecule has 1 amide bonds. The number of hydrazone groups is 1. The van der Waals surface area contributed by atoms with Crippen molar-refractivity contribution in [3.8, 4) is 23.0 Å². The first-order valence-corrected chi connectivity index (χ1v) is 14.5. The van der Waals surface area contributed by atoms with Gasteiger partial charge in [-0.3, -0.25) is 10.2 Å². The lowest BCUT2D eigenvalue weighted by atomic mass is 10.1. The number of carbonyl (C=O) groups is 1. The highest BCUT2D eigenvalue weighted by Gasteiger charge is 2.36. The number of fused-ring (bicyclic) bond motifs is 1. The van der Waals surface area contributed by atoms with Gasteiger partial charge in [0.1, 0.15) is 36.4 Å². The van der Waals surface area contributed by atoms with Gasteiger partial charge in [-0.2, -0.15) is 15.1 Å². The van der Waals surface area contributed by atoms with Gasteiger partial charge in [-0.05, 0) is 78.9 Å². The zero-order valence-electron chi connectivity index (χ0n) is 21.8. The van der Waals surface area contributed by atoms with Gasteiger partial charge in [-0.25, -0.2) is 0 Å². The third-order valence-electron chi connectivity index (χ3n) is 5.66. The maximum atomic E-state index is 12.9. The van der Waals surface area contributed by atoms with Crippen LogP contribution in [0.3, 0.4) is 0 Å². The van der Waals surface area contributed by atoms with Gasteiger partial charge in [-0.15, -0.1) is 0 Å². The van der Waals surface area contributed by atoms with E-state index >= 15 is 0 Å². The Morgan fingerprint density at radius 3 is 2.49 bits per heavy atom. The third-order valence-corrected chi connectivity index (χ3v) is 7.35. The molecule has 2 aliphatic rings. The van der Waals surface area contributed by atoms with Crippen LogP contribution in [0, 0.1) is 5.41 Å². The Morgan fingerprint density at radius 2 is 1.73 bits per heavy atom. The number of carbonyl (C=O) groups excluding carboxylic acids is 1. The van der Waals surface area contributed by atoms with Crippen LogP contribution in [-0.4, -0.2) is 53.4 Å². The molecule has 0 saturated carbocycles. The van der Waals surface area contributed by atoms with E-state index in [1.54, 1.807) is 18.2 Å². The van der Waals surface area contributed by atoms with Crippen molar-refractivity contribution >= 4 is 67.3 Å². The van der Waals surface area contributed by atoms with Gasteiger partial charge < -0.3 is 18.9 Å². The molecule has 41 heavy (non-hydrogen) atoms. The van der Waals surface area contributed by atoms with Gasteiger partial charge in [0, 0.05) is 4.47 Å². The number of aliphatic imine (C=N–C) groups is 1. The Labute approximate surface area is 254 Å². The molecule has 0 aromatic heterocycles. The number of ether oxygens (including phenoxy) is 4. The minimum absolute atomic E-state index is 0.0680. The predicted molar refractivity (Wildman–Crippen MR) is 165 cm³/mol. The molecule has 0 bridgehead atoms. The van der Waals surface area contributed by atoms with Crippen LogP contribution >= 0.6 is 39.3 Å². The number of hydrogen-bond acceptors (Lipinski definition) is 8. The highest BCUT2D eigenvalue weighted by Crippen LogP contribution is 2.38. The molecule has 3 aromatic rings. The molecule has 3 aromatic carbocycles. The van der Waals surface area contributed by atoms with Gasteiger partial charge in [0.25, 0.3) is 5.91 Å². The standard InChI is InChI=1S/C29H24BrClN4O5S/c1-2-37-24-16-18(15-23(31)26(24)39-13-12-38-21-10-8-19(30)9-11-21)14-22-27(32)35-29(33-28(22)36)41-25(34-35)17-40-20-6-4-3-5-7-20/h3-11,14-16,32H,2,12-13,17H2,1H3/b22-14-,32-27?. The van der Waals surface area contributed by atoms with E-state index in [1.807, 2.05) is 61.5 Å². The van der Waals surface area contributed by atoms with Crippen LogP contribution < -0.4 is 18.9 Å². The molecular weight excluding hydrogens is 632 g/mol. The lowest BCUT2D eigenvalue weighted by Crippen LogP contribution is -2.35. The fraction of sp³-hybridized carbons (Fsp3) is 0.172. The van der Waals surface area contributed by atoms with E-state index < -0.39 is 5.91 Å². The summed E-state index contributed by atoms with van der Waals surface area (Å²) >= 11 is 11.2. The smallest absolute Gasteiger partial charge is 0.283 e. The molecule has 0 radical (unpaired) electrons. The minimum atomic E-state index is -0.548. The number of halogens is 2. The van der Waals surface area contributed by atoms with E-state index in [1.165, 1.54) is 16.8 Å². The van der Waals surface area contributed by atoms with Gasteiger partial charge in [-0.1, -0.05) is 45.7 Å². The average Bonchev–Trinajstić information content (AvgIpc) is 3.38. The van der Waals surface area contributed by atoms with Crippen LogP contribution in [0.25, 0.3) is 6.08 Å². The Morgan fingerprint density at radius 1 is 1.00 bits per heavy atom. The normalized spacial score (nSPS) is 15.4. The van der Waals surface area contributed by atoms with Crippen molar-refractivity contribution in [1.29, 1.82) is 5.41 Å². The molecule has 2 aliphatic heterocycles. The first-order valence-electron chi connectivity index (χ1n) is 12.6. The summed E-state index contributed by atoms with van der Waals surface area (Å²) in [4.78, 5) is 17.0. The highest BCUT2D eigenvalue weighted by molar-refractivity contribution is 9.10. The maximum absolute atomic E-state index is 12.9. The second kappa shape index (κ2) is 13.2. The van der Waals surface area contributed by atoms with Crippen molar-refractivity contribution in [2.45, 2.75) is 6.92 Å². The van der Waals surface area contributed by atoms with E-state index in [0.29, 0.717) is 51.3 Å². The first-order chi connectivity index (χ1) is 19.9. The second-order valence-corrected chi connectivity index (χ2v) is 10.9. The fourth-order valence-electron chi connectivity index (χ4n) is 3.83. The number of para-hydroxylation sites is 1. The summed E-state index contributed by atoms with van der Waals surface area (Å²) in [5.41, 5.74) is 0.616. The van der Waals surface area contributed by atoms with Gasteiger partial charge in [0.15, 0.2) is 17.3 Å². The largest absolute Gasteiger partial charge is 0.490 e. The van der Waals surface area contributed by atoms with Crippen LogP contribution in [0.5, 0.6) is 23.0 Å². The van der Waals surface area contributed by atoms with Crippen LogP contribution in [0.1, 0.15) is 12.5 Å². The molecule has 0 unspecified atom stereocenters. The quantitative estimate of drug-likeness (QED) is 0.182. The molecule has 0 aliphatic carbocycles. The Balaban J connectivity index is 1.28. The topological polar surface area (TPSA) is 106 Å². The van der Waals surface area contributed by atoms with Crippen molar-refractivity contribution in [3.05, 3.63) is 87.4 Å². The second-order valence-electron chi connectivity index (χ2n) is 8.53. The Bertz CT molecular complexity index is 1550. The number of rotatable bonds is 11. The fourth-order valence-corrected chi connectivity index (χ4v) is 5.16. The van der Waals surface area contributed by atoms with Crippen LogP contribution in [0.2, 0.25) is 5.02 Å². The molecule has 1 N–H and O–H groups in total. The number of hydrogen-bond donors (Lipinski definition) is 1. The monoisotopic (exact) mass is 654 g/mol. The lowest BCUT2D eigenvalue weighted by molar-refractivity contribution is -0.114. The predicted octanol–water partition coefficient (Wildman–Crippen LogP) is 6.66. The average molecular weight is 656 g/mol. The molecule has 12 heteroatoms. The summed E-state index contributed by atoms with van der Waals surface area (Å²) in [7, 11) is 0. The number of thioether (sulfide) groups is 1. The van der Waals surface area contributed by atoms with E-state index in [0.717, 1.165) is 10.2 Å². The summed E-state index contributed by atoms with van der Waals surface area (Å²) < 4.78 is 24.1. The van der Waals surface area contributed by atoms with E-state index in [2.05, 4.69) is 26.0 Å². The molecule has 5 rings (SSSR count). The summed E-state index contributed by atoms with van der Waals surface area (Å²) in [6.07, 6.45) is 1.54. The van der Waals surface area contributed by atoms with E-state index in [-0.39, 0.29) is 24.6 Å². The van der Waals surface area contributed by atoms with Gasteiger partial charge in [0.2, 0.25) is 5.17 Å². The molecule has 0 fully saturated rings. The number of nitrogens with one attached hydrogen (secondary N) is 1. The minimum Gasteiger partial charge on any atom is -0.490 e. The molecule has 2 heterocycles. The van der Waals surface area contributed by atoms with Crippen molar-refractivity contribution in [2.75, 3.05) is 26.4 Å². The SMILES string of the molecule is CCOc1cc(/C=C2/C(=N)N3N=C(COc4ccccc4)SC3=NC2=O)cc(Cl)c1OCCOc1ccc(Br)cc1. The summed E-state index contributed by atoms with van der Waals surface area (Å²) in [5, 5.41) is 15.6. The van der Waals surface area contributed by atoms with Crippen molar-refractivity contribution in [2.24, 2.45) is 10.1 Å². The highest BCUT2D eigenvalue weighted by atomic mass is 79.9. The number of nitrogens with zero attached hydrogens (tertiary/aromatic N) is 3.